The van der Waals surface area contributed by atoms with Crippen molar-refractivity contribution in [3.05, 3.63) is 41.6 Å². The van der Waals surface area contributed by atoms with E-state index >= 15 is 0 Å². The first-order chi connectivity index (χ1) is 11.0. The Morgan fingerprint density at radius 3 is 2.74 bits per heavy atom. The number of benzene rings is 1. The van der Waals surface area contributed by atoms with Gasteiger partial charge in [-0.3, -0.25) is 14.7 Å². The second-order valence-electron chi connectivity index (χ2n) is 5.96. The molecule has 2 N–H and O–H groups in total. The second-order valence-corrected chi connectivity index (χ2v) is 5.96. The number of nitrogens with one attached hydrogen (secondary N) is 1. The molecule has 1 fully saturated rings. The van der Waals surface area contributed by atoms with E-state index in [2.05, 4.69) is 10.2 Å². The van der Waals surface area contributed by atoms with Gasteiger partial charge in [-0.15, -0.1) is 0 Å². The maximum Gasteiger partial charge on any atom is 0.308 e. The number of carboxylic acid groups (broad SMARTS) is 1. The molecular formula is C17H19N3O3. The van der Waals surface area contributed by atoms with Gasteiger partial charge in [-0.2, -0.15) is 5.10 Å². The molecule has 1 aliphatic rings. The van der Waals surface area contributed by atoms with Crippen molar-refractivity contribution in [2.75, 3.05) is 13.1 Å². The number of aryl methyl sites for hydroxylation is 1. The van der Waals surface area contributed by atoms with Gasteiger partial charge in [0.25, 0.3) is 5.91 Å². The van der Waals surface area contributed by atoms with Crippen LogP contribution in [-0.4, -0.2) is 45.2 Å². The highest BCUT2D eigenvalue weighted by molar-refractivity contribution is 5.93. The zero-order valence-electron chi connectivity index (χ0n) is 13.0. The molecule has 1 saturated heterocycles. The Morgan fingerprint density at radius 2 is 2.04 bits per heavy atom. The number of hydrogen-bond donors (Lipinski definition) is 2. The van der Waals surface area contributed by atoms with E-state index in [-0.39, 0.29) is 12.5 Å². The molecule has 0 saturated carbocycles. The number of aromatic amines is 1. The minimum Gasteiger partial charge on any atom is -0.481 e. The summed E-state index contributed by atoms with van der Waals surface area (Å²) in [5.41, 5.74) is 3.20. The molecule has 2 aromatic rings. The SMILES string of the molecule is Cc1ccc(-c2cc(C(=O)N3CCCC(C(=O)O)C3)[nH]n2)cc1. The van der Waals surface area contributed by atoms with Crippen molar-refractivity contribution in [2.45, 2.75) is 19.8 Å². The van der Waals surface area contributed by atoms with Crippen LogP contribution < -0.4 is 0 Å². The average molecular weight is 313 g/mol. The molecule has 1 unspecified atom stereocenters. The van der Waals surface area contributed by atoms with Gasteiger partial charge in [0.2, 0.25) is 0 Å². The van der Waals surface area contributed by atoms with Gasteiger partial charge >= 0.3 is 5.97 Å². The third-order valence-corrected chi connectivity index (χ3v) is 4.21. The molecule has 1 atom stereocenters. The fourth-order valence-corrected chi connectivity index (χ4v) is 2.84. The van der Waals surface area contributed by atoms with E-state index in [4.69, 9.17) is 5.11 Å². The lowest BCUT2D eigenvalue weighted by molar-refractivity contribution is -0.143. The molecular weight excluding hydrogens is 294 g/mol. The molecule has 0 aliphatic carbocycles. The van der Waals surface area contributed by atoms with E-state index in [0.29, 0.717) is 30.8 Å². The van der Waals surface area contributed by atoms with Crippen LogP contribution in [0.2, 0.25) is 0 Å². The van der Waals surface area contributed by atoms with Gasteiger partial charge in [0.1, 0.15) is 5.69 Å². The number of amides is 1. The molecule has 23 heavy (non-hydrogen) atoms. The van der Waals surface area contributed by atoms with E-state index in [1.807, 2.05) is 31.2 Å². The van der Waals surface area contributed by atoms with Crippen molar-refractivity contribution in [3.8, 4) is 11.3 Å². The molecule has 0 bridgehead atoms. The van der Waals surface area contributed by atoms with Crippen molar-refractivity contribution in [3.63, 3.8) is 0 Å². The van der Waals surface area contributed by atoms with Crippen LogP contribution in [0.15, 0.2) is 30.3 Å². The number of carbonyl (C=O) groups is 2. The van der Waals surface area contributed by atoms with Crippen LogP contribution in [0.3, 0.4) is 0 Å². The molecule has 1 aromatic heterocycles. The highest BCUT2D eigenvalue weighted by atomic mass is 16.4. The normalized spacial score (nSPS) is 18.0. The molecule has 2 heterocycles. The summed E-state index contributed by atoms with van der Waals surface area (Å²) in [4.78, 5) is 25.2. The third kappa shape index (κ3) is 3.26. The summed E-state index contributed by atoms with van der Waals surface area (Å²) < 4.78 is 0. The number of H-pyrrole nitrogens is 1. The molecule has 3 rings (SSSR count). The van der Waals surface area contributed by atoms with Crippen LogP contribution in [0.5, 0.6) is 0 Å². The van der Waals surface area contributed by atoms with Gasteiger partial charge < -0.3 is 10.0 Å². The van der Waals surface area contributed by atoms with Crippen molar-refractivity contribution in [2.24, 2.45) is 5.92 Å². The predicted octanol–water partition coefficient (Wildman–Crippen LogP) is 2.32. The first-order valence-corrected chi connectivity index (χ1v) is 7.69. The molecule has 0 spiro atoms. The van der Waals surface area contributed by atoms with Gasteiger partial charge in [-0.05, 0) is 25.8 Å². The zero-order valence-corrected chi connectivity index (χ0v) is 13.0. The average Bonchev–Trinajstić information content (AvgIpc) is 3.05. The van der Waals surface area contributed by atoms with E-state index in [1.165, 1.54) is 0 Å². The molecule has 120 valence electrons. The summed E-state index contributed by atoms with van der Waals surface area (Å²) in [7, 11) is 0. The monoisotopic (exact) mass is 313 g/mol. The van der Waals surface area contributed by atoms with Crippen molar-refractivity contribution >= 4 is 11.9 Å². The lowest BCUT2D eigenvalue weighted by Gasteiger charge is -2.30. The van der Waals surface area contributed by atoms with Gasteiger partial charge in [0.15, 0.2) is 0 Å². The summed E-state index contributed by atoms with van der Waals surface area (Å²) in [6, 6.07) is 9.63. The summed E-state index contributed by atoms with van der Waals surface area (Å²) in [6.45, 7) is 2.85. The Morgan fingerprint density at radius 1 is 1.30 bits per heavy atom. The minimum absolute atomic E-state index is 0.193. The van der Waals surface area contributed by atoms with Gasteiger partial charge in [-0.1, -0.05) is 29.8 Å². The number of rotatable bonds is 3. The fourth-order valence-electron chi connectivity index (χ4n) is 2.84. The van der Waals surface area contributed by atoms with E-state index in [0.717, 1.165) is 11.1 Å². The quantitative estimate of drug-likeness (QED) is 0.910. The number of likely N-dealkylation sites (tertiary alicyclic amines) is 1. The zero-order chi connectivity index (χ0) is 16.4. The van der Waals surface area contributed by atoms with Crippen molar-refractivity contribution in [1.82, 2.24) is 15.1 Å². The largest absolute Gasteiger partial charge is 0.481 e. The highest BCUT2D eigenvalue weighted by Gasteiger charge is 2.29. The number of aliphatic carboxylic acids is 1. The first-order valence-electron chi connectivity index (χ1n) is 7.69. The van der Waals surface area contributed by atoms with E-state index in [1.54, 1.807) is 11.0 Å². The molecule has 1 aromatic carbocycles. The minimum atomic E-state index is -0.840. The molecule has 6 heteroatoms. The fraction of sp³-hybridized carbons (Fsp3) is 0.353. The summed E-state index contributed by atoms with van der Waals surface area (Å²) in [5.74, 6) is -1.51. The number of nitrogens with zero attached hydrogens (tertiary/aromatic N) is 2. The van der Waals surface area contributed by atoms with Crippen LogP contribution in [0.1, 0.15) is 28.9 Å². The predicted molar refractivity (Wildman–Crippen MR) is 85.0 cm³/mol. The number of piperidine rings is 1. The van der Waals surface area contributed by atoms with Crippen LogP contribution in [0.4, 0.5) is 0 Å². The molecule has 1 amide bonds. The molecule has 1 aliphatic heterocycles. The Labute approximate surface area is 134 Å². The Balaban J connectivity index is 1.75. The Bertz CT molecular complexity index is 721. The van der Waals surface area contributed by atoms with Gasteiger partial charge in [0, 0.05) is 18.7 Å². The molecule has 0 radical (unpaired) electrons. The Hall–Kier alpha value is -2.63. The van der Waals surface area contributed by atoms with Crippen molar-refractivity contribution in [1.29, 1.82) is 0 Å². The topological polar surface area (TPSA) is 86.3 Å². The van der Waals surface area contributed by atoms with Gasteiger partial charge in [0.05, 0.1) is 11.6 Å². The van der Waals surface area contributed by atoms with Crippen LogP contribution in [0.25, 0.3) is 11.3 Å². The number of hydrogen-bond acceptors (Lipinski definition) is 3. The number of aromatic nitrogens is 2. The third-order valence-electron chi connectivity index (χ3n) is 4.21. The highest BCUT2D eigenvalue weighted by Crippen LogP contribution is 2.21. The van der Waals surface area contributed by atoms with Gasteiger partial charge in [-0.25, -0.2) is 0 Å². The van der Waals surface area contributed by atoms with Crippen LogP contribution in [-0.2, 0) is 4.79 Å². The smallest absolute Gasteiger partial charge is 0.308 e. The standard InChI is InChI=1S/C17H19N3O3/c1-11-4-6-12(7-5-11)14-9-15(19-18-14)16(21)20-8-2-3-13(10-20)17(22)23/h4-7,9,13H,2-3,8,10H2,1H3,(H,18,19)(H,22,23). The maximum absolute atomic E-state index is 12.5. The number of carboxylic acids is 1. The second kappa shape index (κ2) is 6.24. The lowest BCUT2D eigenvalue weighted by atomic mass is 9.98. The van der Waals surface area contributed by atoms with Crippen LogP contribution >= 0.6 is 0 Å². The maximum atomic E-state index is 12.5. The Kier molecular flexibility index (Phi) is 4.14. The van der Waals surface area contributed by atoms with E-state index in [9.17, 15) is 9.59 Å². The van der Waals surface area contributed by atoms with E-state index < -0.39 is 11.9 Å². The lowest BCUT2D eigenvalue weighted by Crippen LogP contribution is -2.42. The summed E-state index contributed by atoms with van der Waals surface area (Å²) in [5, 5.41) is 16.1. The summed E-state index contributed by atoms with van der Waals surface area (Å²) >= 11 is 0. The number of carbonyl (C=O) groups excluding carboxylic acids is 1. The summed E-state index contributed by atoms with van der Waals surface area (Å²) in [6.07, 6.45) is 1.33. The van der Waals surface area contributed by atoms with Crippen LogP contribution in [0, 0.1) is 12.8 Å². The first kappa shape index (κ1) is 15.3. The molecule has 6 nitrogen and oxygen atoms in total. The van der Waals surface area contributed by atoms with Crippen molar-refractivity contribution < 1.29 is 14.7 Å².